The normalized spacial score (nSPS) is 12.8. The third-order valence-electron chi connectivity index (χ3n) is 5.66. The van der Waals surface area contributed by atoms with Gasteiger partial charge in [-0.25, -0.2) is 27.7 Å². The Morgan fingerprint density at radius 1 is 1.11 bits per heavy atom. The van der Waals surface area contributed by atoms with Crippen LogP contribution in [0.3, 0.4) is 0 Å². The Bertz CT molecular complexity index is 1730. The number of pyridine rings is 2. The molecule has 4 N–H and O–H groups in total. The van der Waals surface area contributed by atoms with E-state index in [-0.39, 0.29) is 11.6 Å². The molecule has 37 heavy (non-hydrogen) atoms. The number of hydrogen-bond donors (Lipinski definition) is 2. The zero-order chi connectivity index (χ0) is 26.2. The number of nitrogens with zero attached hydrogens (tertiary/aromatic N) is 4. The Balaban J connectivity index is 1.54. The zero-order valence-electron chi connectivity index (χ0n) is 19.4. The van der Waals surface area contributed by atoms with E-state index in [1.165, 1.54) is 13.3 Å². The number of methoxy groups -OCH3 is 1. The van der Waals surface area contributed by atoms with Crippen LogP contribution in [-0.4, -0.2) is 35.0 Å². The van der Waals surface area contributed by atoms with Gasteiger partial charge in [-0.05, 0) is 47.5 Å². The van der Waals surface area contributed by atoms with Gasteiger partial charge in [0, 0.05) is 30.2 Å². The second-order valence-corrected chi connectivity index (χ2v) is 9.80. The summed E-state index contributed by atoms with van der Waals surface area (Å²) in [7, 11) is -2.82. The maximum Gasteiger partial charge on any atom is 0.399 e. The molecule has 0 aliphatic rings. The maximum atomic E-state index is 14.2. The molecular formula is C25H21F2N6O3S+. The molecule has 0 aliphatic carbocycles. The van der Waals surface area contributed by atoms with Gasteiger partial charge in [0.2, 0.25) is 11.8 Å². The molecule has 0 spiro atoms. The average molecular weight is 524 g/mol. The van der Waals surface area contributed by atoms with Crippen LogP contribution in [0, 0.1) is 11.6 Å². The van der Waals surface area contributed by atoms with Crippen LogP contribution in [0.4, 0.5) is 20.4 Å². The van der Waals surface area contributed by atoms with E-state index in [0.29, 0.717) is 29.6 Å². The fraction of sp³-hybridized carbons (Fsp3) is 0.0800. The van der Waals surface area contributed by atoms with Crippen molar-refractivity contribution >= 4 is 32.7 Å². The zero-order valence-corrected chi connectivity index (χ0v) is 20.2. The van der Waals surface area contributed by atoms with Gasteiger partial charge in [-0.2, -0.15) is 4.21 Å². The third-order valence-corrected chi connectivity index (χ3v) is 7.08. The number of nitrogens with one attached hydrogen (secondary N) is 1. The second kappa shape index (κ2) is 9.47. The second-order valence-electron chi connectivity index (χ2n) is 8.10. The Hall–Kier alpha value is -4.58. The standard InChI is InChI=1S/C25H20F2N6O3S/c1-36-24-21(32-37(34,35)23-7-5-18(26)11-19(23)27)9-17(13-30-24)16-4-6-20-22(10-16)33(25(28)31-20)14-15-3-2-8-29-12-15/h2-13H,14H2,1H3,(H2,28,31)(H,32,34,35)/p+1. The largest absolute Gasteiger partial charge is 0.479 e. The molecule has 3 heterocycles. The molecule has 0 radical (unpaired) electrons. The van der Waals surface area contributed by atoms with Crippen LogP contribution in [-0.2, 0) is 16.6 Å². The van der Waals surface area contributed by atoms with Crippen LogP contribution in [0.5, 0.6) is 5.88 Å². The van der Waals surface area contributed by atoms with Gasteiger partial charge < -0.3 is 15.0 Å². The molecule has 3 aromatic heterocycles. The minimum Gasteiger partial charge on any atom is -0.479 e. The molecule has 5 aromatic rings. The first-order valence-corrected chi connectivity index (χ1v) is 12.5. The predicted octanol–water partition coefficient (Wildman–Crippen LogP) is 4.37. The number of halogens is 2. The molecule has 5 rings (SSSR count). The molecule has 2 aromatic carbocycles. The summed E-state index contributed by atoms with van der Waals surface area (Å²) in [6.07, 6.45) is 4.97. The quantitative estimate of drug-likeness (QED) is 0.305. The summed E-state index contributed by atoms with van der Waals surface area (Å²) in [5.41, 5.74) is 9.92. The predicted molar refractivity (Wildman–Crippen MR) is 136 cm³/mol. The Morgan fingerprint density at radius 3 is 2.68 bits per heavy atom. The number of nitrogens with two attached hydrogens (primary N) is 1. The number of aromatic nitrogens is 4. The summed E-state index contributed by atoms with van der Waals surface area (Å²) in [5, 5.41) is 0. The van der Waals surface area contributed by atoms with Gasteiger partial charge in [0.05, 0.1) is 24.7 Å². The lowest BCUT2D eigenvalue weighted by molar-refractivity contribution is 0.400. The van der Waals surface area contributed by atoms with Crippen LogP contribution in [0.1, 0.15) is 5.56 Å². The van der Waals surface area contributed by atoms with Gasteiger partial charge in [0.15, 0.2) is 10.7 Å². The van der Waals surface area contributed by atoms with Gasteiger partial charge >= 0.3 is 10.0 Å². The van der Waals surface area contributed by atoms with Crippen LogP contribution >= 0.6 is 0 Å². The van der Waals surface area contributed by atoms with E-state index < -0.39 is 26.6 Å². The average Bonchev–Trinajstić information content (AvgIpc) is 3.18. The number of nitrogen functional groups attached to an aromatic ring is 1. The topological polar surface area (TPSA) is 129 Å². The fourth-order valence-electron chi connectivity index (χ4n) is 3.91. The third kappa shape index (κ3) is 4.78. The summed E-state index contributed by atoms with van der Waals surface area (Å²) >= 11 is 0. The molecule has 0 fully saturated rings. The highest BCUT2D eigenvalue weighted by Gasteiger charge is 2.27. The van der Waals surface area contributed by atoms with Gasteiger partial charge in [-0.15, -0.1) is 0 Å². The monoisotopic (exact) mass is 523 g/mol. The molecule has 1 atom stereocenters. The molecule has 0 bridgehead atoms. The molecule has 9 nitrogen and oxygen atoms in total. The number of benzene rings is 2. The van der Waals surface area contributed by atoms with Crippen LogP contribution in [0.15, 0.2) is 78.1 Å². The molecule has 1 unspecified atom stereocenters. The van der Waals surface area contributed by atoms with Crippen molar-refractivity contribution in [3.05, 3.63) is 90.4 Å². The summed E-state index contributed by atoms with van der Waals surface area (Å²) in [6, 6.07) is 13.2. The molecule has 0 aliphatic heterocycles. The maximum absolute atomic E-state index is 14.2. The van der Waals surface area contributed by atoms with Gasteiger partial charge in [-0.1, -0.05) is 12.1 Å². The van der Waals surface area contributed by atoms with E-state index in [9.17, 15) is 17.2 Å². The Labute approximate surface area is 210 Å². The van der Waals surface area contributed by atoms with Crippen LogP contribution in [0.25, 0.3) is 22.2 Å². The SMILES string of the molecule is COc1ncc(-c2ccc3nc(N)n(Cc4cccnc4)c3c2)cc1NS(=O)(=[OH+])c1ccc(F)cc1F. The summed E-state index contributed by atoms with van der Waals surface area (Å²) in [5.74, 6) is -1.67. The molecule has 188 valence electrons. The first-order chi connectivity index (χ1) is 17.7. The molecule has 0 saturated carbocycles. The first-order valence-electron chi connectivity index (χ1n) is 10.9. The van der Waals surface area contributed by atoms with E-state index in [1.807, 2.05) is 28.8 Å². The van der Waals surface area contributed by atoms with E-state index >= 15 is 0 Å². The lowest BCUT2D eigenvalue weighted by Gasteiger charge is -2.11. The van der Waals surface area contributed by atoms with Crippen molar-refractivity contribution in [2.24, 2.45) is 0 Å². The summed E-state index contributed by atoms with van der Waals surface area (Å²) in [6.45, 7) is 0.461. The highest BCUT2D eigenvalue weighted by atomic mass is 32.2. The number of fused-ring (bicyclic) bond motifs is 1. The number of ether oxygens (including phenoxy) is 1. The van der Waals surface area contributed by atoms with Crippen molar-refractivity contribution < 1.29 is 21.9 Å². The van der Waals surface area contributed by atoms with Gasteiger partial charge in [0.25, 0.3) is 0 Å². The van der Waals surface area contributed by atoms with Gasteiger partial charge in [-0.3, -0.25) is 4.98 Å². The minimum absolute atomic E-state index is 0.0139. The lowest BCUT2D eigenvalue weighted by Crippen LogP contribution is -2.15. The van der Waals surface area contributed by atoms with E-state index in [4.69, 9.17) is 10.5 Å². The van der Waals surface area contributed by atoms with Crippen molar-refractivity contribution in [3.63, 3.8) is 0 Å². The van der Waals surface area contributed by atoms with Crippen molar-refractivity contribution in [1.29, 1.82) is 0 Å². The van der Waals surface area contributed by atoms with Crippen LogP contribution in [0.2, 0.25) is 0 Å². The van der Waals surface area contributed by atoms with E-state index in [1.54, 1.807) is 24.5 Å². The smallest absolute Gasteiger partial charge is 0.399 e. The van der Waals surface area contributed by atoms with E-state index in [0.717, 1.165) is 28.8 Å². The highest BCUT2D eigenvalue weighted by Crippen LogP contribution is 2.32. The molecule has 0 saturated heterocycles. The molecule has 12 heteroatoms. The van der Waals surface area contributed by atoms with Crippen molar-refractivity contribution in [2.45, 2.75) is 11.4 Å². The fourth-order valence-corrected chi connectivity index (χ4v) is 5.04. The van der Waals surface area contributed by atoms with Gasteiger partial charge in [0.1, 0.15) is 11.5 Å². The number of anilines is 2. The van der Waals surface area contributed by atoms with Crippen molar-refractivity contribution in [3.8, 4) is 17.0 Å². The van der Waals surface area contributed by atoms with Crippen molar-refractivity contribution in [2.75, 3.05) is 17.6 Å². The first kappa shape index (κ1) is 24.1. The highest BCUT2D eigenvalue weighted by molar-refractivity contribution is 7.92. The van der Waals surface area contributed by atoms with Crippen molar-refractivity contribution in [1.82, 2.24) is 19.5 Å². The number of imidazole rings is 1. The number of hydrogen-bond acceptors (Lipinski definition) is 6. The number of rotatable bonds is 7. The molecule has 0 amide bonds. The van der Waals surface area contributed by atoms with E-state index in [2.05, 4.69) is 19.7 Å². The summed E-state index contributed by atoms with van der Waals surface area (Å²) in [4.78, 5) is 12.2. The van der Waals surface area contributed by atoms with Crippen LogP contribution < -0.4 is 15.2 Å². The Kier molecular flexibility index (Phi) is 6.17. The minimum atomic E-state index is -4.16. The Morgan fingerprint density at radius 2 is 1.95 bits per heavy atom. The summed E-state index contributed by atoms with van der Waals surface area (Å²) < 4.78 is 60.5. The molecular weight excluding hydrogens is 502 g/mol. The lowest BCUT2D eigenvalue weighted by atomic mass is 10.1.